The molecule has 0 radical (unpaired) electrons. The SMILES string of the molecule is Cn1cc(-c2ccnc(Nc3ccc(Cl)cc3)n2)c2cnccc21. The molecule has 0 amide bonds. The van der Waals surface area contributed by atoms with Crippen molar-refractivity contribution in [2.24, 2.45) is 7.05 Å². The van der Waals surface area contributed by atoms with Gasteiger partial charge in [-0.2, -0.15) is 0 Å². The third-order valence-electron chi connectivity index (χ3n) is 3.82. The monoisotopic (exact) mass is 335 g/mol. The summed E-state index contributed by atoms with van der Waals surface area (Å²) in [7, 11) is 2.01. The number of hydrogen-bond donors (Lipinski definition) is 1. The molecule has 4 rings (SSSR count). The van der Waals surface area contributed by atoms with Crippen molar-refractivity contribution in [1.29, 1.82) is 0 Å². The second-order valence-corrected chi connectivity index (χ2v) is 5.88. The standard InChI is InChI=1S/C18H14ClN5/c1-24-11-15(14-10-20-8-7-17(14)24)16-6-9-21-18(23-16)22-13-4-2-12(19)3-5-13/h2-11H,1H3,(H,21,22,23). The van der Waals surface area contributed by atoms with Gasteiger partial charge >= 0.3 is 0 Å². The van der Waals surface area contributed by atoms with Gasteiger partial charge in [0.15, 0.2) is 0 Å². The van der Waals surface area contributed by atoms with Gasteiger partial charge in [-0.15, -0.1) is 0 Å². The van der Waals surface area contributed by atoms with E-state index >= 15 is 0 Å². The van der Waals surface area contributed by atoms with Crippen molar-refractivity contribution in [2.75, 3.05) is 5.32 Å². The van der Waals surface area contributed by atoms with Crippen LogP contribution in [0.3, 0.4) is 0 Å². The van der Waals surface area contributed by atoms with Gasteiger partial charge in [0.25, 0.3) is 0 Å². The van der Waals surface area contributed by atoms with Crippen molar-refractivity contribution < 1.29 is 0 Å². The number of halogens is 1. The number of benzene rings is 1. The lowest BCUT2D eigenvalue weighted by molar-refractivity contribution is 0.968. The molecule has 5 nitrogen and oxygen atoms in total. The van der Waals surface area contributed by atoms with E-state index in [1.54, 1.807) is 12.4 Å². The van der Waals surface area contributed by atoms with Crippen LogP contribution in [0.25, 0.3) is 22.2 Å². The minimum Gasteiger partial charge on any atom is -0.350 e. The fraction of sp³-hybridized carbons (Fsp3) is 0.0556. The summed E-state index contributed by atoms with van der Waals surface area (Å²) in [5.41, 5.74) is 3.88. The number of nitrogens with one attached hydrogen (secondary N) is 1. The van der Waals surface area contributed by atoms with Gasteiger partial charge in [-0.25, -0.2) is 9.97 Å². The fourth-order valence-corrected chi connectivity index (χ4v) is 2.80. The summed E-state index contributed by atoms with van der Waals surface area (Å²) < 4.78 is 2.07. The summed E-state index contributed by atoms with van der Waals surface area (Å²) in [4.78, 5) is 13.1. The molecule has 0 unspecified atom stereocenters. The highest BCUT2D eigenvalue weighted by molar-refractivity contribution is 6.30. The van der Waals surface area contributed by atoms with E-state index in [1.807, 2.05) is 49.6 Å². The Labute approximate surface area is 144 Å². The third-order valence-corrected chi connectivity index (χ3v) is 4.07. The summed E-state index contributed by atoms with van der Waals surface area (Å²) in [5.74, 6) is 0.538. The predicted molar refractivity (Wildman–Crippen MR) is 96.5 cm³/mol. The van der Waals surface area contributed by atoms with Crippen molar-refractivity contribution >= 4 is 34.1 Å². The molecule has 24 heavy (non-hydrogen) atoms. The predicted octanol–water partition coefficient (Wildman–Crippen LogP) is 4.43. The van der Waals surface area contributed by atoms with Crippen LogP contribution in [0.4, 0.5) is 11.6 Å². The van der Waals surface area contributed by atoms with Gasteiger partial charge in [0.2, 0.25) is 5.95 Å². The maximum Gasteiger partial charge on any atom is 0.227 e. The molecule has 0 aliphatic carbocycles. The Balaban J connectivity index is 1.73. The number of aromatic nitrogens is 4. The minimum absolute atomic E-state index is 0.538. The topological polar surface area (TPSA) is 55.6 Å². The average molecular weight is 336 g/mol. The molecular weight excluding hydrogens is 322 g/mol. The van der Waals surface area contributed by atoms with E-state index in [0.29, 0.717) is 11.0 Å². The van der Waals surface area contributed by atoms with E-state index in [0.717, 1.165) is 27.8 Å². The van der Waals surface area contributed by atoms with E-state index in [2.05, 4.69) is 31.0 Å². The van der Waals surface area contributed by atoms with Crippen LogP contribution in [0.5, 0.6) is 0 Å². The van der Waals surface area contributed by atoms with Crippen molar-refractivity contribution in [2.45, 2.75) is 0 Å². The molecule has 0 saturated heterocycles. The Morgan fingerprint density at radius 1 is 1.04 bits per heavy atom. The summed E-state index contributed by atoms with van der Waals surface area (Å²) in [6.45, 7) is 0. The number of nitrogens with zero attached hydrogens (tertiary/aromatic N) is 4. The molecule has 118 valence electrons. The van der Waals surface area contributed by atoms with Crippen LogP contribution in [-0.2, 0) is 7.05 Å². The third kappa shape index (κ3) is 2.70. The quantitative estimate of drug-likeness (QED) is 0.602. The van der Waals surface area contributed by atoms with Gasteiger partial charge < -0.3 is 9.88 Å². The number of rotatable bonds is 3. The van der Waals surface area contributed by atoms with Gasteiger partial charge in [-0.1, -0.05) is 11.6 Å². The molecule has 0 fully saturated rings. The Bertz CT molecular complexity index is 1010. The highest BCUT2D eigenvalue weighted by Crippen LogP contribution is 2.28. The molecule has 1 aromatic carbocycles. The fourth-order valence-electron chi connectivity index (χ4n) is 2.67. The first-order valence-electron chi connectivity index (χ1n) is 7.46. The van der Waals surface area contributed by atoms with E-state index in [1.165, 1.54) is 0 Å². The second-order valence-electron chi connectivity index (χ2n) is 5.44. The van der Waals surface area contributed by atoms with E-state index < -0.39 is 0 Å². The van der Waals surface area contributed by atoms with Crippen molar-refractivity contribution in [3.8, 4) is 11.3 Å². The summed E-state index contributed by atoms with van der Waals surface area (Å²) in [5, 5.41) is 4.95. The van der Waals surface area contributed by atoms with E-state index in [4.69, 9.17) is 11.6 Å². The number of aryl methyl sites for hydroxylation is 1. The molecule has 6 heteroatoms. The largest absolute Gasteiger partial charge is 0.350 e. The van der Waals surface area contributed by atoms with E-state index in [-0.39, 0.29) is 0 Å². The lowest BCUT2D eigenvalue weighted by Gasteiger charge is -2.06. The zero-order chi connectivity index (χ0) is 16.5. The van der Waals surface area contributed by atoms with Crippen LogP contribution in [0.15, 0.2) is 61.2 Å². The number of fused-ring (bicyclic) bond motifs is 1. The lowest BCUT2D eigenvalue weighted by Crippen LogP contribution is -1.97. The van der Waals surface area contributed by atoms with Gasteiger partial charge in [0, 0.05) is 53.5 Å². The van der Waals surface area contributed by atoms with Crippen LogP contribution >= 0.6 is 11.6 Å². The Morgan fingerprint density at radius 3 is 2.71 bits per heavy atom. The smallest absolute Gasteiger partial charge is 0.227 e. The van der Waals surface area contributed by atoms with Crippen LogP contribution < -0.4 is 5.32 Å². The van der Waals surface area contributed by atoms with Crippen LogP contribution in [0, 0.1) is 0 Å². The average Bonchev–Trinajstić information content (AvgIpc) is 2.95. The van der Waals surface area contributed by atoms with Crippen LogP contribution in [0.1, 0.15) is 0 Å². The van der Waals surface area contributed by atoms with Gasteiger partial charge in [-0.3, -0.25) is 4.98 Å². The van der Waals surface area contributed by atoms with Gasteiger partial charge in [0.05, 0.1) is 11.2 Å². The molecule has 1 N–H and O–H groups in total. The molecule has 0 saturated carbocycles. The normalized spacial score (nSPS) is 10.9. The molecule has 0 spiro atoms. The first-order valence-corrected chi connectivity index (χ1v) is 7.83. The van der Waals surface area contributed by atoms with Crippen LogP contribution in [0.2, 0.25) is 5.02 Å². The maximum atomic E-state index is 5.91. The Kier molecular flexibility index (Phi) is 3.63. The Morgan fingerprint density at radius 2 is 1.88 bits per heavy atom. The molecule has 4 aromatic rings. The number of hydrogen-bond acceptors (Lipinski definition) is 4. The van der Waals surface area contributed by atoms with E-state index in [9.17, 15) is 0 Å². The zero-order valence-electron chi connectivity index (χ0n) is 12.9. The van der Waals surface area contributed by atoms with Gasteiger partial charge in [-0.05, 0) is 36.4 Å². The molecule has 0 bridgehead atoms. The molecular formula is C18H14ClN5. The van der Waals surface area contributed by atoms with Crippen LogP contribution in [-0.4, -0.2) is 19.5 Å². The minimum atomic E-state index is 0.538. The lowest BCUT2D eigenvalue weighted by atomic mass is 10.1. The maximum absolute atomic E-state index is 5.91. The summed E-state index contributed by atoms with van der Waals surface area (Å²) in [6, 6.07) is 11.3. The molecule has 0 aliphatic rings. The Hall–Kier alpha value is -2.92. The van der Waals surface area contributed by atoms with Crippen molar-refractivity contribution in [3.05, 3.63) is 66.2 Å². The van der Waals surface area contributed by atoms with Crippen molar-refractivity contribution in [3.63, 3.8) is 0 Å². The second kappa shape index (κ2) is 5.94. The number of pyridine rings is 1. The molecule has 0 atom stereocenters. The first-order chi connectivity index (χ1) is 11.7. The van der Waals surface area contributed by atoms with Gasteiger partial charge in [0.1, 0.15) is 0 Å². The molecule has 0 aliphatic heterocycles. The summed E-state index contributed by atoms with van der Waals surface area (Å²) >= 11 is 5.91. The molecule has 3 heterocycles. The summed E-state index contributed by atoms with van der Waals surface area (Å²) in [6.07, 6.45) is 7.45. The first kappa shape index (κ1) is 14.7. The molecule has 3 aromatic heterocycles. The zero-order valence-corrected chi connectivity index (χ0v) is 13.7. The highest BCUT2D eigenvalue weighted by Gasteiger charge is 2.10. The number of anilines is 2. The highest BCUT2D eigenvalue weighted by atomic mass is 35.5. The van der Waals surface area contributed by atoms with Crippen molar-refractivity contribution in [1.82, 2.24) is 19.5 Å².